The quantitative estimate of drug-likeness (QED) is 0.898. The summed E-state index contributed by atoms with van der Waals surface area (Å²) >= 11 is 0. The average Bonchev–Trinajstić information content (AvgIpc) is 2.46. The molecule has 5 nitrogen and oxygen atoms in total. The fraction of sp³-hybridized carbons (Fsp3) is 0.500. The Morgan fingerprint density at radius 1 is 1.29 bits per heavy atom. The Labute approximate surface area is 125 Å². The number of rotatable bonds is 3. The number of carbonyl (C=O) groups excluding carboxylic acids is 1. The van der Waals surface area contributed by atoms with E-state index in [4.69, 9.17) is 0 Å². The zero-order valence-corrected chi connectivity index (χ0v) is 12.5. The van der Waals surface area contributed by atoms with Gasteiger partial charge in [-0.15, -0.1) is 0 Å². The molecule has 2 unspecified atom stereocenters. The number of hydrogen-bond donors (Lipinski definition) is 2. The Bertz CT molecular complexity index is 530. The van der Waals surface area contributed by atoms with Gasteiger partial charge in [-0.3, -0.25) is 4.90 Å². The molecule has 2 atom stereocenters. The van der Waals surface area contributed by atoms with E-state index in [1.807, 2.05) is 0 Å². The highest BCUT2D eigenvalue weighted by Gasteiger charge is 2.23. The van der Waals surface area contributed by atoms with Crippen molar-refractivity contribution in [1.82, 2.24) is 5.32 Å². The highest BCUT2D eigenvalue weighted by atomic mass is 16.4. The van der Waals surface area contributed by atoms with Crippen LogP contribution in [0.1, 0.15) is 43.0 Å². The van der Waals surface area contributed by atoms with Gasteiger partial charge in [-0.1, -0.05) is 31.9 Å². The van der Waals surface area contributed by atoms with Gasteiger partial charge in [0.2, 0.25) is 0 Å². The number of nitrogens with zero attached hydrogens (tertiary/aromatic N) is 1. The lowest BCUT2D eigenvalue weighted by molar-refractivity contribution is 0.0697. The van der Waals surface area contributed by atoms with Crippen molar-refractivity contribution in [2.75, 3.05) is 11.9 Å². The van der Waals surface area contributed by atoms with E-state index in [0.717, 1.165) is 19.3 Å². The summed E-state index contributed by atoms with van der Waals surface area (Å²) in [5.74, 6) is -0.405. The average molecular weight is 290 g/mol. The lowest BCUT2D eigenvalue weighted by Crippen LogP contribution is -2.45. The van der Waals surface area contributed by atoms with E-state index >= 15 is 0 Å². The fourth-order valence-corrected chi connectivity index (χ4v) is 2.89. The van der Waals surface area contributed by atoms with Crippen LogP contribution >= 0.6 is 0 Å². The topological polar surface area (TPSA) is 69.6 Å². The van der Waals surface area contributed by atoms with E-state index in [2.05, 4.69) is 12.2 Å². The van der Waals surface area contributed by atoms with E-state index in [1.165, 1.54) is 17.4 Å². The Morgan fingerprint density at radius 2 is 2.00 bits per heavy atom. The number of amides is 2. The number of carboxylic acid groups (broad SMARTS) is 1. The molecule has 1 aliphatic carbocycles. The van der Waals surface area contributed by atoms with Crippen molar-refractivity contribution >= 4 is 17.7 Å². The number of anilines is 1. The van der Waals surface area contributed by atoms with Crippen molar-refractivity contribution in [3.63, 3.8) is 0 Å². The van der Waals surface area contributed by atoms with Gasteiger partial charge < -0.3 is 10.4 Å². The number of benzene rings is 1. The molecule has 2 N–H and O–H groups in total. The lowest BCUT2D eigenvalue weighted by atomic mass is 9.87. The highest BCUT2D eigenvalue weighted by Crippen LogP contribution is 2.24. The smallest absolute Gasteiger partial charge is 0.337 e. The fourth-order valence-electron chi connectivity index (χ4n) is 2.89. The molecule has 1 aliphatic rings. The molecule has 1 fully saturated rings. The zero-order valence-electron chi connectivity index (χ0n) is 12.5. The van der Waals surface area contributed by atoms with Crippen LogP contribution in [0.4, 0.5) is 10.5 Å². The van der Waals surface area contributed by atoms with E-state index in [0.29, 0.717) is 11.6 Å². The van der Waals surface area contributed by atoms with Crippen LogP contribution in [0.15, 0.2) is 24.3 Å². The van der Waals surface area contributed by atoms with Crippen molar-refractivity contribution in [3.05, 3.63) is 29.8 Å². The summed E-state index contributed by atoms with van der Waals surface area (Å²) in [4.78, 5) is 24.9. The molecule has 0 saturated heterocycles. The number of carbonyl (C=O) groups is 2. The lowest BCUT2D eigenvalue weighted by Gasteiger charge is -2.29. The van der Waals surface area contributed by atoms with Gasteiger partial charge in [0.25, 0.3) is 0 Å². The maximum absolute atomic E-state index is 12.3. The minimum absolute atomic E-state index is 0.132. The monoisotopic (exact) mass is 290 g/mol. The summed E-state index contributed by atoms with van der Waals surface area (Å²) in [5.41, 5.74) is 0.540. The first-order chi connectivity index (χ1) is 9.99. The molecular weight excluding hydrogens is 268 g/mol. The van der Waals surface area contributed by atoms with Gasteiger partial charge in [0.15, 0.2) is 0 Å². The van der Waals surface area contributed by atoms with Gasteiger partial charge in [-0.05, 0) is 30.9 Å². The van der Waals surface area contributed by atoms with Gasteiger partial charge in [0, 0.05) is 13.1 Å². The van der Waals surface area contributed by atoms with Crippen LogP contribution in [0, 0.1) is 5.92 Å². The third kappa shape index (κ3) is 3.74. The standard InChI is InChI=1S/C16H22N2O3/c1-11-6-5-7-12(10-11)17-16(21)18(2)14-9-4-3-8-13(14)15(19)20/h3-4,8-9,11-12H,5-7,10H2,1-2H3,(H,17,21)(H,19,20). The van der Waals surface area contributed by atoms with E-state index in [9.17, 15) is 14.7 Å². The molecule has 0 aliphatic heterocycles. The Hall–Kier alpha value is -2.04. The van der Waals surface area contributed by atoms with Gasteiger partial charge in [-0.25, -0.2) is 9.59 Å². The number of aromatic carboxylic acids is 1. The van der Waals surface area contributed by atoms with Crippen molar-refractivity contribution in [3.8, 4) is 0 Å². The van der Waals surface area contributed by atoms with Crippen LogP contribution in [-0.2, 0) is 0 Å². The summed E-state index contributed by atoms with van der Waals surface area (Å²) in [6.07, 6.45) is 4.32. The maximum atomic E-state index is 12.3. The van der Waals surface area contributed by atoms with Crippen LogP contribution in [0.5, 0.6) is 0 Å². The van der Waals surface area contributed by atoms with Crippen molar-refractivity contribution in [2.24, 2.45) is 5.92 Å². The first-order valence-electron chi connectivity index (χ1n) is 7.35. The minimum Gasteiger partial charge on any atom is -0.478 e. The Balaban J connectivity index is 2.07. The van der Waals surface area contributed by atoms with Crippen LogP contribution in [-0.4, -0.2) is 30.2 Å². The first-order valence-corrected chi connectivity index (χ1v) is 7.35. The summed E-state index contributed by atoms with van der Waals surface area (Å²) < 4.78 is 0. The second-order valence-electron chi connectivity index (χ2n) is 5.80. The van der Waals surface area contributed by atoms with Gasteiger partial charge in [0.1, 0.15) is 0 Å². The third-order valence-corrected chi connectivity index (χ3v) is 4.06. The number of para-hydroxylation sites is 1. The molecule has 0 bridgehead atoms. The molecule has 2 amide bonds. The van der Waals surface area contributed by atoms with Crippen molar-refractivity contribution < 1.29 is 14.7 Å². The Kier molecular flexibility index (Phi) is 4.83. The molecule has 0 spiro atoms. The zero-order chi connectivity index (χ0) is 15.4. The largest absolute Gasteiger partial charge is 0.478 e. The van der Waals surface area contributed by atoms with Crippen LogP contribution in [0.3, 0.4) is 0 Å². The maximum Gasteiger partial charge on any atom is 0.337 e. The minimum atomic E-state index is -1.03. The van der Waals surface area contributed by atoms with E-state index in [-0.39, 0.29) is 17.6 Å². The third-order valence-electron chi connectivity index (χ3n) is 4.06. The van der Waals surface area contributed by atoms with Crippen LogP contribution < -0.4 is 10.2 Å². The van der Waals surface area contributed by atoms with Gasteiger partial charge in [-0.2, -0.15) is 0 Å². The van der Waals surface area contributed by atoms with Crippen molar-refractivity contribution in [1.29, 1.82) is 0 Å². The molecule has 0 radical (unpaired) electrons. The predicted molar refractivity (Wildman–Crippen MR) is 81.8 cm³/mol. The normalized spacial score (nSPS) is 21.6. The van der Waals surface area contributed by atoms with E-state index in [1.54, 1.807) is 25.2 Å². The number of urea groups is 1. The van der Waals surface area contributed by atoms with Gasteiger partial charge >= 0.3 is 12.0 Å². The molecule has 2 rings (SSSR count). The number of nitrogens with one attached hydrogen (secondary N) is 1. The molecule has 0 aromatic heterocycles. The molecule has 1 saturated carbocycles. The SMILES string of the molecule is CC1CCCC(NC(=O)N(C)c2ccccc2C(=O)O)C1. The van der Waals surface area contributed by atoms with Crippen LogP contribution in [0.2, 0.25) is 0 Å². The molecule has 114 valence electrons. The summed E-state index contributed by atoms with van der Waals surface area (Å²) in [6.45, 7) is 2.20. The molecule has 0 heterocycles. The second kappa shape index (κ2) is 6.61. The predicted octanol–water partition coefficient (Wildman–Crippen LogP) is 3.11. The summed E-state index contributed by atoms with van der Waals surface area (Å²) in [5, 5.41) is 12.2. The van der Waals surface area contributed by atoms with Crippen molar-refractivity contribution in [2.45, 2.75) is 38.6 Å². The molecule has 21 heavy (non-hydrogen) atoms. The number of carboxylic acids is 1. The second-order valence-corrected chi connectivity index (χ2v) is 5.80. The van der Waals surface area contributed by atoms with E-state index < -0.39 is 5.97 Å². The number of hydrogen-bond acceptors (Lipinski definition) is 2. The summed E-state index contributed by atoms with van der Waals surface area (Å²) in [6, 6.07) is 6.47. The Morgan fingerprint density at radius 3 is 2.67 bits per heavy atom. The molecule has 1 aromatic rings. The molecule has 1 aromatic carbocycles. The first kappa shape index (κ1) is 15.4. The van der Waals surface area contributed by atoms with Gasteiger partial charge in [0.05, 0.1) is 11.3 Å². The molecule has 5 heteroatoms. The van der Waals surface area contributed by atoms with Crippen LogP contribution in [0.25, 0.3) is 0 Å². The molecular formula is C16H22N2O3. The summed E-state index contributed by atoms with van der Waals surface area (Å²) in [7, 11) is 1.60. The highest BCUT2D eigenvalue weighted by molar-refractivity contribution is 6.01.